The summed E-state index contributed by atoms with van der Waals surface area (Å²) in [6.45, 7) is 0.599. The first-order valence-electron chi connectivity index (χ1n) is 8.48. The third-order valence-electron chi connectivity index (χ3n) is 4.73. The summed E-state index contributed by atoms with van der Waals surface area (Å²) in [5.74, 6) is 2.70. The average molecular weight is 312 g/mol. The Bertz CT molecular complexity index is 629. The van der Waals surface area contributed by atoms with Crippen LogP contribution in [0.4, 0.5) is 0 Å². The minimum absolute atomic E-state index is 0.217. The Morgan fingerprint density at radius 3 is 2.61 bits per heavy atom. The molecule has 1 fully saturated rings. The van der Waals surface area contributed by atoms with Gasteiger partial charge in [0, 0.05) is 23.8 Å². The maximum Gasteiger partial charge on any atom is 0.181 e. The molecule has 5 heteroatoms. The number of ketones is 1. The molecular weight excluding hydrogens is 288 g/mol. The smallest absolute Gasteiger partial charge is 0.181 e. The summed E-state index contributed by atoms with van der Waals surface area (Å²) in [4.78, 5) is 16.8. The topological polar surface area (TPSA) is 84.7 Å². The number of nitrogens with two attached hydrogens (primary N) is 1. The molecule has 1 aromatic carbocycles. The van der Waals surface area contributed by atoms with Crippen LogP contribution >= 0.6 is 0 Å². The van der Waals surface area contributed by atoms with Crippen molar-refractivity contribution in [3.05, 3.63) is 36.2 Å². The molecule has 1 saturated carbocycles. The van der Waals surface area contributed by atoms with Crippen LogP contribution in [-0.4, -0.2) is 27.5 Å². The Labute approximate surface area is 136 Å². The number of hydrogen-bond donors (Lipinski definition) is 2. The van der Waals surface area contributed by atoms with Crippen LogP contribution in [0.15, 0.2) is 30.3 Å². The molecular formula is C18H24N4O. The van der Waals surface area contributed by atoms with E-state index in [1.54, 1.807) is 0 Å². The maximum absolute atomic E-state index is 12.1. The van der Waals surface area contributed by atoms with Gasteiger partial charge in [0.15, 0.2) is 5.82 Å². The Balaban J connectivity index is 1.58. The maximum atomic E-state index is 12.1. The highest BCUT2D eigenvalue weighted by Gasteiger charge is 2.28. The average Bonchev–Trinajstić information content (AvgIpc) is 3.11. The summed E-state index contributed by atoms with van der Waals surface area (Å²) in [5, 5.41) is 7.43. The second-order valence-electron chi connectivity index (χ2n) is 6.32. The molecule has 5 nitrogen and oxygen atoms in total. The van der Waals surface area contributed by atoms with E-state index >= 15 is 0 Å². The summed E-state index contributed by atoms with van der Waals surface area (Å²) >= 11 is 0. The third kappa shape index (κ3) is 3.85. The highest BCUT2D eigenvalue weighted by molar-refractivity contribution is 5.81. The number of aromatic nitrogens is 3. The summed E-state index contributed by atoms with van der Waals surface area (Å²) in [7, 11) is 0. The van der Waals surface area contributed by atoms with Gasteiger partial charge in [-0.15, -0.1) is 0 Å². The lowest BCUT2D eigenvalue weighted by Gasteiger charge is -2.26. The predicted octanol–water partition coefficient (Wildman–Crippen LogP) is 3.05. The van der Waals surface area contributed by atoms with Gasteiger partial charge in [0.05, 0.1) is 0 Å². The van der Waals surface area contributed by atoms with Crippen LogP contribution < -0.4 is 5.73 Å². The number of nitrogens with zero attached hydrogens (tertiary/aromatic N) is 2. The number of rotatable bonds is 6. The van der Waals surface area contributed by atoms with E-state index in [4.69, 9.17) is 5.73 Å². The van der Waals surface area contributed by atoms with Crippen molar-refractivity contribution < 1.29 is 4.79 Å². The molecule has 1 aliphatic carbocycles. The molecule has 2 aromatic rings. The first-order valence-corrected chi connectivity index (χ1v) is 8.48. The van der Waals surface area contributed by atoms with Gasteiger partial charge in [0.2, 0.25) is 0 Å². The molecule has 0 spiro atoms. The van der Waals surface area contributed by atoms with Crippen LogP contribution in [0.3, 0.4) is 0 Å². The monoisotopic (exact) mass is 312 g/mol. The minimum Gasteiger partial charge on any atom is -0.330 e. The van der Waals surface area contributed by atoms with Crippen LogP contribution in [-0.2, 0) is 4.79 Å². The Hall–Kier alpha value is -2.01. The summed E-state index contributed by atoms with van der Waals surface area (Å²) < 4.78 is 0. The molecule has 1 aromatic heterocycles. The van der Waals surface area contributed by atoms with Gasteiger partial charge >= 0.3 is 0 Å². The number of benzene rings is 1. The fourth-order valence-electron chi connectivity index (χ4n) is 3.34. The van der Waals surface area contributed by atoms with Crippen molar-refractivity contribution in [3.8, 4) is 11.4 Å². The number of aromatic amines is 1. The molecule has 0 radical (unpaired) electrons. The third-order valence-corrected chi connectivity index (χ3v) is 4.73. The molecule has 122 valence electrons. The molecule has 0 amide bonds. The quantitative estimate of drug-likeness (QED) is 0.858. The van der Waals surface area contributed by atoms with Crippen molar-refractivity contribution in [1.29, 1.82) is 0 Å². The largest absolute Gasteiger partial charge is 0.330 e. The lowest BCUT2D eigenvalue weighted by atomic mass is 9.79. The number of carbonyl (C=O) groups excluding carboxylic acids is 1. The molecule has 0 saturated heterocycles. The van der Waals surface area contributed by atoms with Gasteiger partial charge in [-0.2, -0.15) is 5.10 Å². The molecule has 23 heavy (non-hydrogen) atoms. The standard InChI is InChI=1S/C18H24N4O/c19-12-4-7-16(23)13-8-10-15(11-9-13)18-20-17(21-22-18)14-5-2-1-3-6-14/h1-3,5-6,13,15H,4,7-12,19H2,(H,20,21,22). The van der Waals surface area contributed by atoms with Crippen LogP contribution in [0, 0.1) is 5.92 Å². The van der Waals surface area contributed by atoms with Crippen molar-refractivity contribution in [1.82, 2.24) is 15.2 Å². The molecule has 1 heterocycles. The number of Topliss-reactive ketones (excluding diaryl/α,β-unsaturated/α-hetero) is 1. The Morgan fingerprint density at radius 2 is 1.91 bits per heavy atom. The van der Waals surface area contributed by atoms with E-state index in [2.05, 4.69) is 15.2 Å². The SMILES string of the molecule is NCCCC(=O)C1CCC(c2nc(-c3ccccc3)n[nH]2)CC1. The van der Waals surface area contributed by atoms with Gasteiger partial charge in [-0.3, -0.25) is 9.89 Å². The zero-order valence-corrected chi connectivity index (χ0v) is 13.4. The fourth-order valence-corrected chi connectivity index (χ4v) is 3.34. The molecule has 1 aliphatic rings. The van der Waals surface area contributed by atoms with Crippen LogP contribution in [0.25, 0.3) is 11.4 Å². The van der Waals surface area contributed by atoms with Gasteiger partial charge in [0.25, 0.3) is 0 Å². The zero-order chi connectivity index (χ0) is 16.1. The predicted molar refractivity (Wildman–Crippen MR) is 89.8 cm³/mol. The van der Waals surface area contributed by atoms with E-state index < -0.39 is 0 Å². The zero-order valence-electron chi connectivity index (χ0n) is 13.4. The van der Waals surface area contributed by atoms with E-state index in [0.717, 1.165) is 49.3 Å². The van der Waals surface area contributed by atoms with Crippen molar-refractivity contribution in [3.63, 3.8) is 0 Å². The van der Waals surface area contributed by atoms with Gasteiger partial charge in [0.1, 0.15) is 11.6 Å². The lowest BCUT2D eigenvalue weighted by Crippen LogP contribution is -2.22. The van der Waals surface area contributed by atoms with Crippen molar-refractivity contribution >= 4 is 5.78 Å². The lowest BCUT2D eigenvalue weighted by molar-refractivity contribution is -0.123. The van der Waals surface area contributed by atoms with Crippen LogP contribution in [0.5, 0.6) is 0 Å². The van der Waals surface area contributed by atoms with Crippen molar-refractivity contribution in [2.45, 2.75) is 44.4 Å². The van der Waals surface area contributed by atoms with E-state index in [9.17, 15) is 4.79 Å². The normalized spacial score (nSPS) is 21.3. The van der Waals surface area contributed by atoms with Gasteiger partial charge in [-0.1, -0.05) is 30.3 Å². The molecule has 3 rings (SSSR count). The number of H-pyrrole nitrogens is 1. The first-order chi connectivity index (χ1) is 11.3. The van der Waals surface area contributed by atoms with E-state index in [0.29, 0.717) is 24.7 Å². The number of nitrogens with one attached hydrogen (secondary N) is 1. The molecule has 0 bridgehead atoms. The highest BCUT2D eigenvalue weighted by Crippen LogP contribution is 2.35. The molecule has 0 atom stereocenters. The van der Waals surface area contributed by atoms with Crippen LogP contribution in [0.1, 0.15) is 50.3 Å². The molecule has 0 aliphatic heterocycles. The van der Waals surface area contributed by atoms with Crippen molar-refractivity contribution in [2.24, 2.45) is 11.7 Å². The fraction of sp³-hybridized carbons (Fsp3) is 0.500. The summed E-state index contributed by atoms with van der Waals surface area (Å²) in [6.07, 6.45) is 5.35. The van der Waals surface area contributed by atoms with Crippen molar-refractivity contribution in [2.75, 3.05) is 6.54 Å². The van der Waals surface area contributed by atoms with E-state index in [1.165, 1.54) is 0 Å². The van der Waals surface area contributed by atoms with Gasteiger partial charge in [-0.25, -0.2) is 4.98 Å². The van der Waals surface area contributed by atoms with Gasteiger partial charge < -0.3 is 5.73 Å². The Kier molecular flexibility index (Phi) is 5.18. The van der Waals surface area contributed by atoms with E-state index in [-0.39, 0.29) is 5.92 Å². The van der Waals surface area contributed by atoms with Gasteiger partial charge in [-0.05, 0) is 38.6 Å². The number of carbonyl (C=O) groups is 1. The van der Waals surface area contributed by atoms with Crippen LogP contribution in [0.2, 0.25) is 0 Å². The second kappa shape index (κ2) is 7.51. The second-order valence-corrected chi connectivity index (χ2v) is 6.32. The highest BCUT2D eigenvalue weighted by atomic mass is 16.1. The van der Waals surface area contributed by atoms with E-state index in [1.807, 2.05) is 30.3 Å². The number of hydrogen-bond acceptors (Lipinski definition) is 4. The summed E-state index contributed by atoms with van der Waals surface area (Å²) in [5.41, 5.74) is 6.51. The molecule has 0 unspecified atom stereocenters. The first kappa shape index (κ1) is 15.9. The molecule has 3 N–H and O–H groups in total. The Morgan fingerprint density at radius 1 is 1.17 bits per heavy atom. The minimum atomic E-state index is 0.217. The summed E-state index contributed by atoms with van der Waals surface area (Å²) in [6, 6.07) is 9.99.